The summed E-state index contributed by atoms with van der Waals surface area (Å²) in [5.41, 5.74) is 0.576. The number of alkyl halides is 3. The largest absolute Gasteiger partial charge is 0.461 e. The van der Waals surface area contributed by atoms with Crippen LogP contribution >= 0.6 is 0 Å². The molecule has 0 saturated carbocycles. The van der Waals surface area contributed by atoms with Crippen LogP contribution in [0.25, 0.3) is 0 Å². The van der Waals surface area contributed by atoms with Gasteiger partial charge in [0, 0.05) is 11.3 Å². The minimum atomic E-state index is -3.65. The number of aromatic nitrogens is 1. The number of rotatable bonds is 5. The van der Waals surface area contributed by atoms with E-state index in [9.17, 15) is 13.6 Å². The maximum atomic E-state index is 15.2. The first kappa shape index (κ1) is 22.3. The Morgan fingerprint density at radius 3 is 2.55 bits per heavy atom. The summed E-state index contributed by atoms with van der Waals surface area (Å²) >= 11 is 0. The van der Waals surface area contributed by atoms with Crippen LogP contribution in [0.5, 0.6) is 5.75 Å². The predicted octanol–water partition coefficient (Wildman–Crippen LogP) is 3.75. The van der Waals surface area contributed by atoms with Gasteiger partial charge in [-0.05, 0) is 51.1 Å². The highest BCUT2D eigenvalue weighted by molar-refractivity contribution is 6.02. The minimum absolute atomic E-state index is 0.0202. The van der Waals surface area contributed by atoms with Crippen molar-refractivity contribution in [2.75, 3.05) is 12.2 Å². The number of carbonyl (C=O) groups is 1. The zero-order chi connectivity index (χ0) is 23.0. The van der Waals surface area contributed by atoms with Crippen molar-refractivity contribution >= 4 is 17.6 Å². The van der Waals surface area contributed by atoms with E-state index in [1.165, 1.54) is 18.2 Å². The fourth-order valence-electron chi connectivity index (χ4n) is 3.28. The number of nitrogens with one attached hydrogen (secondary N) is 1. The third-order valence-corrected chi connectivity index (χ3v) is 4.99. The van der Waals surface area contributed by atoms with Crippen LogP contribution in [0.1, 0.15) is 36.8 Å². The van der Waals surface area contributed by atoms with E-state index in [0.717, 1.165) is 39.1 Å². The number of amides is 1. The predicted molar refractivity (Wildman–Crippen MR) is 104 cm³/mol. The summed E-state index contributed by atoms with van der Waals surface area (Å²) in [6.07, 6.45) is 1.15. The summed E-state index contributed by atoms with van der Waals surface area (Å²) in [7, 11) is 0. The van der Waals surface area contributed by atoms with E-state index in [0.29, 0.717) is 0 Å². The minimum Gasteiger partial charge on any atom is -0.461 e. The lowest BCUT2D eigenvalue weighted by Gasteiger charge is -2.47. The van der Waals surface area contributed by atoms with Gasteiger partial charge in [0.2, 0.25) is 12.5 Å². The number of aliphatic imine (C=N–C) groups is 1. The number of carbonyl (C=O) groups excluding carboxylic acids is 1. The molecule has 0 spiro atoms. The number of pyridine rings is 1. The Morgan fingerprint density at radius 1 is 1.23 bits per heavy atom. The molecule has 1 aromatic carbocycles. The number of nitrogens with zero attached hydrogens (tertiary/aromatic N) is 2. The van der Waals surface area contributed by atoms with E-state index in [2.05, 4.69) is 20.0 Å². The molecule has 0 aliphatic carbocycles. The fraction of sp³-hybridized carbons (Fsp3) is 0.350. The second kappa shape index (κ2) is 7.71. The van der Waals surface area contributed by atoms with Crippen LogP contribution in [0.2, 0.25) is 0 Å². The number of nitrogens with two attached hydrogens (primary N) is 1. The lowest BCUT2D eigenvalue weighted by molar-refractivity contribution is -0.215. The molecule has 1 aliphatic heterocycles. The lowest BCUT2D eigenvalue weighted by atomic mass is 9.78. The van der Waals surface area contributed by atoms with Gasteiger partial charge < -0.3 is 20.5 Å². The third-order valence-electron chi connectivity index (χ3n) is 4.99. The molecule has 1 aromatic heterocycles. The molecule has 3 N–H and O–H groups in total. The van der Waals surface area contributed by atoms with E-state index < -0.39 is 47.2 Å². The Hall–Kier alpha value is -3.37. The van der Waals surface area contributed by atoms with Gasteiger partial charge in [-0.25, -0.2) is 18.8 Å². The molecule has 7 nitrogen and oxygen atoms in total. The topological polar surface area (TPSA) is 98.8 Å². The molecule has 11 heteroatoms. The van der Waals surface area contributed by atoms with Crippen LogP contribution in [-0.2, 0) is 10.3 Å². The average Bonchev–Trinajstić information content (AvgIpc) is 2.68. The molecule has 0 unspecified atom stereocenters. The zero-order valence-electron chi connectivity index (χ0n) is 16.9. The van der Waals surface area contributed by atoms with Crippen LogP contribution in [0, 0.1) is 5.82 Å². The molecule has 1 aliphatic rings. The number of hydrogen-bond acceptors (Lipinski definition) is 6. The maximum absolute atomic E-state index is 15.2. The SMILES string of the molecule is CC1(C)N=C(N)O[C@](C)(c2cc(NC(=O)c3ccc(OCF)cn3)ccc2F)C1(F)F. The summed E-state index contributed by atoms with van der Waals surface area (Å²) in [5, 5.41) is 2.45. The second-order valence-corrected chi connectivity index (χ2v) is 7.50. The van der Waals surface area contributed by atoms with Crippen LogP contribution in [0.4, 0.5) is 23.2 Å². The number of hydrogen-bond donors (Lipinski definition) is 2. The fourth-order valence-corrected chi connectivity index (χ4v) is 3.28. The normalized spacial score (nSPS) is 21.6. The second-order valence-electron chi connectivity index (χ2n) is 7.50. The van der Waals surface area contributed by atoms with Crippen molar-refractivity contribution in [1.82, 2.24) is 4.98 Å². The van der Waals surface area contributed by atoms with Gasteiger partial charge >= 0.3 is 5.92 Å². The Balaban J connectivity index is 1.93. The molecule has 2 aromatic rings. The molecule has 2 heterocycles. The zero-order valence-corrected chi connectivity index (χ0v) is 16.9. The van der Waals surface area contributed by atoms with Crippen molar-refractivity contribution in [3.63, 3.8) is 0 Å². The first-order chi connectivity index (χ1) is 14.4. The number of anilines is 1. The van der Waals surface area contributed by atoms with E-state index in [1.807, 2.05) is 0 Å². The van der Waals surface area contributed by atoms with Crippen molar-refractivity contribution in [2.24, 2.45) is 10.7 Å². The van der Waals surface area contributed by atoms with Crippen molar-refractivity contribution in [3.05, 3.63) is 53.6 Å². The number of benzene rings is 1. The first-order valence-electron chi connectivity index (χ1n) is 9.09. The number of halogens is 4. The third kappa shape index (κ3) is 3.87. The molecule has 3 rings (SSSR count). The lowest BCUT2D eigenvalue weighted by Crippen LogP contribution is -2.62. The molecule has 0 saturated heterocycles. The van der Waals surface area contributed by atoms with E-state index in [1.54, 1.807) is 0 Å². The number of ether oxygens (including phenoxy) is 2. The van der Waals surface area contributed by atoms with Crippen LogP contribution in [0.15, 0.2) is 41.5 Å². The van der Waals surface area contributed by atoms with Gasteiger partial charge in [-0.1, -0.05) is 0 Å². The van der Waals surface area contributed by atoms with Gasteiger partial charge in [-0.3, -0.25) is 4.79 Å². The summed E-state index contributed by atoms with van der Waals surface area (Å²) < 4.78 is 67.0. The van der Waals surface area contributed by atoms with Crippen LogP contribution in [0.3, 0.4) is 0 Å². The van der Waals surface area contributed by atoms with Crippen molar-refractivity contribution in [1.29, 1.82) is 0 Å². The van der Waals surface area contributed by atoms with Crippen molar-refractivity contribution in [3.8, 4) is 5.75 Å². The molecule has 1 amide bonds. The highest BCUT2D eigenvalue weighted by Crippen LogP contribution is 2.51. The molecule has 1 atom stereocenters. The van der Waals surface area contributed by atoms with Crippen molar-refractivity contribution < 1.29 is 31.8 Å². The first-order valence-corrected chi connectivity index (χ1v) is 9.09. The molecular formula is C20H20F4N4O3. The molecule has 166 valence electrons. The Labute approximate surface area is 175 Å². The van der Waals surface area contributed by atoms with E-state index >= 15 is 8.78 Å². The smallest absolute Gasteiger partial charge is 0.315 e. The van der Waals surface area contributed by atoms with Gasteiger partial charge in [0.1, 0.15) is 22.8 Å². The monoisotopic (exact) mass is 440 g/mol. The molecule has 0 fully saturated rings. The summed E-state index contributed by atoms with van der Waals surface area (Å²) in [4.78, 5) is 19.9. The molecular weight excluding hydrogens is 420 g/mol. The summed E-state index contributed by atoms with van der Waals surface area (Å²) in [6, 6.07) is 5.27. The van der Waals surface area contributed by atoms with Gasteiger partial charge in [-0.15, -0.1) is 0 Å². The highest BCUT2D eigenvalue weighted by Gasteiger charge is 2.66. The quantitative estimate of drug-likeness (QED) is 0.690. The summed E-state index contributed by atoms with van der Waals surface area (Å²) in [6.45, 7) is 2.27. The van der Waals surface area contributed by atoms with Gasteiger partial charge in [-0.2, -0.15) is 8.78 Å². The van der Waals surface area contributed by atoms with Crippen molar-refractivity contribution in [2.45, 2.75) is 37.8 Å². The van der Waals surface area contributed by atoms with E-state index in [4.69, 9.17) is 10.5 Å². The maximum Gasteiger partial charge on any atom is 0.315 e. The molecule has 0 bridgehead atoms. The molecule has 0 radical (unpaired) electrons. The average molecular weight is 440 g/mol. The van der Waals surface area contributed by atoms with E-state index in [-0.39, 0.29) is 17.1 Å². The van der Waals surface area contributed by atoms with Gasteiger partial charge in [0.25, 0.3) is 11.9 Å². The number of amidine groups is 1. The van der Waals surface area contributed by atoms with Gasteiger partial charge in [0.15, 0.2) is 0 Å². The highest BCUT2D eigenvalue weighted by atomic mass is 19.3. The van der Waals surface area contributed by atoms with Crippen LogP contribution < -0.4 is 15.8 Å². The summed E-state index contributed by atoms with van der Waals surface area (Å²) in [5.74, 6) is -5.21. The Kier molecular flexibility index (Phi) is 5.55. The van der Waals surface area contributed by atoms with Gasteiger partial charge in [0.05, 0.1) is 6.20 Å². The van der Waals surface area contributed by atoms with Crippen LogP contribution in [-0.4, -0.2) is 35.2 Å². The Morgan fingerprint density at radius 2 is 1.94 bits per heavy atom. The standard InChI is InChI=1S/C20H20F4N4O3/c1-18(2)20(23,24)19(3,31-17(25)28-18)13-8-11(4-6-14(13)22)27-16(29)15-7-5-12(9-26-15)30-10-21/h4-9H,10H2,1-3H3,(H2,25,28)(H,27,29)/t19-/m1/s1. The Bertz CT molecular complexity index is 1030. The molecule has 31 heavy (non-hydrogen) atoms.